The van der Waals surface area contributed by atoms with Crippen LogP contribution in [0.15, 0.2) is 24.3 Å². The normalized spacial score (nSPS) is 21.2. The number of ether oxygens (including phenoxy) is 1. The molecule has 13 heavy (non-hydrogen) atoms. The smallest absolute Gasteiger partial charge is 0.0720 e. The zero-order valence-corrected chi connectivity index (χ0v) is 8.22. The van der Waals surface area contributed by atoms with Crippen LogP contribution in [-0.4, -0.2) is 6.61 Å². The zero-order valence-electron chi connectivity index (χ0n) is 7.40. The van der Waals surface area contributed by atoms with E-state index in [4.69, 9.17) is 10.5 Å². The second-order valence-corrected chi connectivity index (χ2v) is 3.15. The Bertz CT molecular complexity index is 277. The predicted octanol–water partition coefficient (Wildman–Crippen LogP) is 2.03. The van der Waals surface area contributed by atoms with Crippen molar-refractivity contribution in [3.05, 3.63) is 35.4 Å². The van der Waals surface area contributed by atoms with Crippen LogP contribution in [0.3, 0.4) is 0 Å². The molecule has 0 aliphatic carbocycles. The van der Waals surface area contributed by atoms with Crippen molar-refractivity contribution in [2.24, 2.45) is 5.73 Å². The first-order valence-corrected chi connectivity index (χ1v) is 4.29. The van der Waals surface area contributed by atoms with Gasteiger partial charge in [-0.25, -0.2) is 0 Å². The molecule has 2 nitrogen and oxygen atoms in total. The summed E-state index contributed by atoms with van der Waals surface area (Å²) >= 11 is 0. The van der Waals surface area contributed by atoms with Gasteiger partial charge in [-0.2, -0.15) is 0 Å². The van der Waals surface area contributed by atoms with E-state index in [-0.39, 0.29) is 18.4 Å². The third-order valence-electron chi connectivity index (χ3n) is 2.29. The first-order valence-electron chi connectivity index (χ1n) is 4.29. The summed E-state index contributed by atoms with van der Waals surface area (Å²) in [5.41, 5.74) is 8.45. The standard InChI is InChI=1S/C10H13NO.ClH/c11-10-5-6-12-7-8-3-1-2-4-9(8)10;/h1-4,10H,5-7,11H2;1H. The maximum absolute atomic E-state index is 5.97. The van der Waals surface area contributed by atoms with Crippen LogP contribution in [0.1, 0.15) is 23.6 Å². The lowest BCUT2D eigenvalue weighted by molar-refractivity contribution is 0.122. The molecular weight excluding hydrogens is 186 g/mol. The topological polar surface area (TPSA) is 35.2 Å². The SMILES string of the molecule is Cl.NC1CCOCc2ccccc21. The summed E-state index contributed by atoms with van der Waals surface area (Å²) in [5.74, 6) is 0. The van der Waals surface area contributed by atoms with E-state index in [1.807, 2.05) is 12.1 Å². The quantitative estimate of drug-likeness (QED) is 0.694. The van der Waals surface area contributed by atoms with Crippen LogP contribution in [0.4, 0.5) is 0 Å². The Labute approximate surface area is 84.5 Å². The fourth-order valence-electron chi connectivity index (χ4n) is 1.58. The summed E-state index contributed by atoms with van der Waals surface area (Å²) in [4.78, 5) is 0. The minimum absolute atomic E-state index is 0. The van der Waals surface area contributed by atoms with Gasteiger partial charge < -0.3 is 10.5 Å². The summed E-state index contributed by atoms with van der Waals surface area (Å²) < 4.78 is 5.41. The number of halogens is 1. The molecule has 0 radical (unpaired) electrons. The van der Waals surface area contributed by atoms with E-state index in [1.54, 1.807) is 0 Å². The Hall–Kier alpha value is -0.570. The van der Waals surface area contributed by atoms with Crippen molar-refractivity contribution in [3.8, 4) is 0 Å². The molecule has 2 N–H and O–H groups in total. The summed E-state index contributed by atoms with van der Waals surface area (Å²) in [6.45, 7) is 1.49. The van der Waals surface area contributed by atoms with Gasteiger partial charge in [0.05, 0.1) is 6.61 Å². The van der Waals surface area contributed by atoms with Gasteiger partial charge in [0.15, 0.2) is 0 Å². The van der Waals surface area contributed by atoms with Crippen molar-refractivity contribution in [1.29, 1.82) is 0 Å². The molecular formula is C10H14ClNO. The highest BCUT2D eigenvalue weighted by atomic mass is 35.5. The van der Waals surface area contributed by atoms with Gasteiger partial charge in [-0.05, 0) is 17.5 Å². The fourth-order valence-corrected chi connectivity index (χ4v) is 1.58. The highest BCUT2D eigenvalue weighted by molar-refractivity contribution is 5.85. The summed E-state index contributed by atoms with van der Waals surface area (Å²) in [5, 5.41) is 0. The van der Waals surface area contributed by atoms with E-state index in [9.17, 15) is 0 Å². The van der Waals surface area contributed by atoms with Crippen molar-refractivity contribution >= 4 is 12.4 Å². The molecule has 0 bridgehead atoms. The van der Waals surface area contributed by atoms with Gasteiger partial charge in [-0.3, -0.25) is 0 Å². The van der Waals surface area contributed by atoms with E-state index in [2.05, 4.69) is 12.1 Å². The number of rotatable bonds is 0. The van der Waals surface area contributed by atoms with Crippen molar-refractivity contribution < 1.29 is 4.74 Å². The lowest BCUT2D eigenvalue weighted by Gasteiger charge is -2.09. The first-order chi connectivity index (χ1) is 5.88. The second-order valence-electron chi connectivity index (χ2n) is 3.15. The van der Waals surface area contributed by atoms with E-state index in [0.29, 0.717) is 6.61 Å². The molecule has 0 fully saturated rings. The third-order valence-corrected chi connectivity index (χ3v) is 2.29. The van der Waals surface area contributed by atoms with E-state index in [1.165, 1.54) is 11.1 Å². The Morgan fingerprint density at radius 2 is 2.08 bits per heavy atom. The molecule has 1 unspecified atom stereocenters. The van der Waals surface area contributed by atoms with Gasteiger partial charge in [-0.15, -0.1) is 12.4 Å². The number of benzene rings is 1. The van der Waals surface area contributed by atoms with Gasteiger partial charge >= 0.3 is 0 Å². The van der Waals surface area contributed by atoms with Crippen molar-refractivity contribution in [2.45, 2.75) is 19.1 Å². The number of hydrogen-bond acceptors (Lipinski definition) is 2. The predicted molar refractivity (Wildman–Crippen MR) is 54.9 cm³/mol. The van der Waals surface area contributed by atoms with E-state index >= 15 is 0 Å². The highest BCUT2D eigenvalue weighted by Crippen LogP contribution is 2.22. The Morgan fingerprint density at radius 1 is 1.31 bits per heavy atom. The van der Waals surface area contributed by atoms with Crippen LogP contribution in [0.25, 0.3) is 0 Å². The van der Waals surface area contributed by atoms with Gasteiger partial charge in [0.25, 0.3) is 0 Å². The average Bonchev–Trinajstić information content (AvgIpc) is 2.29. The van der Waals surface area contributed by atoms with Gasteiger partial charge in [0.2, 0.25) is 0 Å². The molecule has 1 aliphatic rings. The molecule has 1 aliphatic heterocycles. The molecule has 1 aromatic rings. The van der Waals surface area contributed by atoms with E-state index < -0.39 is 0 Å². The fraction of sp³-hybridized carbons (Fsp3) is 0.400. The summed E-state index contributed by atoms with van der Waals surface area (Å²) in [6.07, 6.45) is 0.928. The van der Waals surface area contributed by atoms with Crippen LogP contribution in [-0.2, 0) is 11.3 Å². The molecule has 0 amide bonds. The lowest BCUT2D eigenvalue weighted by Crippen LogP contribution is -2.11. The van der Waals surface area contributed by atoms with Crippen LogP contribution in [0.5, 0.6) is 0 Å². The minimum Gasteiger partial charge on any atom is -0.377 e. The maximum Gasteiger partial charge on any atom is 0.0720 e. The molecule has 0 spiro atoms. The monoisotopic (exact) mass is 199 g/mol. The van der Waals surface area contributed by atoms with E-state index in [0.717, 1.165) is 13.0 Å². The molecule has 0 saturated heterocycles. The van der Waals surface area contributed by atoms with Crippen molar-refractivity contribution in [3.63, 3.8) is 0 Å². The Balaban J connectivity index is 0.000000845. The molecule has 1 aromatic carbocycles. The zero-order chi connectivity index (χ0) is 8.39. The second kappa shape index (κ2) is 4.61. The minimum atomic E-state index is 0. The molecule has 0 aromatic heterocycles. The number of fused-ring (bicyclic) bond motifs is 1. The Morgan fingerprint density at radius 3 is 2.92 bits per heavy atom. The third kappa shape index (κ3) is 2.21. The lowest BCUT2D eigenvalue weighted by atomic mass is 10.0. The van der Waals surface area contributed by atoms with Crippen molar-refractivity contribution in [2.75, 3.05) is 6.61 Å². The number of nitrogens with two attached hydrogens (primary N) is 1. The molecule has 2 rings (SSSR count). The van der Waals surface area contributed by atoms with Crippen molar-refractivity contribution in [1.82, 2.24) is 0 Å². The van der Waals surface area contributed by atoms with Crippen LogP contribution < -0.4 is 5.73 Å². The largest absolute Gasteiger partial charge is 0.377 e. The maximum atomic E-state index is 5.97. The number of hydrogen-bond donors (Lipinski definition) is 1. The van der Waals surface area contributed by atoms with Gasteiger partial charge in [0, 0.05) is 12.6 Å². The molecule has 1 atom stereocenters. The summed E-state index contributed by atoms with van der Waals surface area (Å²) in [7, 11) is 0. The van der Waals surface area contributed by atoms with Crippen LogP contribution >= 0.6 is 12.4 Å². The van der Waals surface area contributed by atoms with Crippen LogP contribution in [0.2, 0.25) is 0 Å². The molecule has 72 valence electrons. The van der Waals surface area contributed by atoms with Gasteiger partial charge in [-0.1, -0.05) is 24.3 Å². The molecule has 0 saturated carbocycles. The molecule has 1 heterocycles. The van der Waals surface area contributed by atoms with Gasteiger partial charge in [0.1, 0.15) is 0 Å². The Kier molecular flexibility index (Phi) is 3.72. The van der Waals surface area contributed by atoms with Crippen LogP contribution in [0, 0.1) is 0 Å². The average molecular weight is 200 g/mol. The first kappa shape index (κ1) is 10.5. The molecule has 3 heteroatoms. The summed E-state index contributed by atoms with van der Waals surface area (Å²) in [6, 6.07) is 8.39. The highest BCUT2D eigenvalue weighted by Gasteiger charge is 2.13.